The number of rotatable bonds is 6. The lowest BCUT2D eigenvalue weighted by atomic mass is 10.0. The van der Waals surface area contributed by atoms with E-state index in [1.165, 1.54) is 29.7 Å². The van der Waals surface area contributed by atoms with Crippen LogP contribution in [0.1, 0.15) is 55.3 Å². The third-order valence-corrected chi connectivity index (χ3v) is 6.66. The SMILES string of the molecule is Cc1cccn2c(C(C)(C)NC(=O)[C@@H]3CNCCN3Cc3ccnc(C4CC4)c3)ncc12. The highest BCUT2D eigenvalue weighted by atomic mass is 16.2. The van der Waals surface area contributed by atoms with Crippen LogP contribution in [-0.2, 0) is 16.9 Å². The Balaban J connectivity index is 1.33. The summed E-state index contributed by atoms with van der Waals surface area (Å²) in [6, 6.07) is 8.16. The zero-order valence-corrected chi connectivity index (χ0v) is 19.1. The fourth-order valence-electron chi connectivity index (χ4n) is 4.70. The van der Waals surface area contributed by atoms with Crippen molar-refractivity contribution in [2.45, 2.75) is 57.7 Å². The van der Waals surface area contributed by atoms with E-state index in [1.807, 2.05) is 38.5 Å². The predicted molar refractivity (Wildman–Crippen MR) is 124 cm³/mol. The second-order valence-corrected chi connectivity index (χ2v) is 9.70. The Morgan fingerprint density at radius 3 is 2.94 bits per heavy atom. The summed E-state index contributed by atoms with van der Waals surface area (Å²) in [4.78, 5) is 24.9. The van der Waals surface area contributed by atoms with Crippen molar-refractivity contribution in [3.05, 3.63) is 65.5 Å². The van der Waals surface area contributed by atoms with Crippen LogP contribution in [0.2, 0.25) is 0 Å². The first-order valence-electron chi connectivity index (χ1n) is 11.6. The zero-order valence-electron chi connectivity index (χ0n) is 19.1. The Kier molecular flexibility index (Phi) is 5.47. The molecule has 168 valence electrons. The van der Waals surface area contributed by atoms with Gasteiger partial charge in [-0.3, -0.25) is 14.7 Å². The van der Waals surface area contributed by atoms with Gasteiger partial charge in [0, 0.05) is 50.2 Å². The first-order chi connectivity index (χ1) is 15.4. The maximum Gasteiger partial charge on any atom is 0.239 e. The number of piperazine rings is 1. The van der Waals surface area contributed by atoms with E-state index in [2.05, 4.69) is 55.0 Å². The molecule has 32 heavy (non-hydrogen) atoms. The molecule has 7 nitrogen and oxygen atoms in total. The predicted octanol–water partition coefficient (Wildman–Crippen LogP) is 2.74. The van der Waals surface area contributed by atoms with Crippen LogP contribution in [-0.4, -0.2) is 50.9 Å². The fourth-order valence-corrected chi connectivity index (χ4v) is 4.70. The van der Waals surface area contributed by atoms with Crippen molar-refractivity contribution in [2.75, 3.05) is 19.6 Å². The average molecular weight is 433 g/mol. The van der Waals surface area contributed by atoms with E-state index >= 15 is 0 Å². The van der Waals surface area contributed by atoms with Crippen molar-refractivity contribution in [3.63, 3.8) is 0 Å². The Morgan fingerprint density at radius 2 is 2.12 bits per heavy atom. The molecule has 7 heteroatoms. The summed E-state index contributed by atoms with van der Waals surface area (Å²) in [6.07, 6.45) is 8.29. The van der Waals surface area contributed by atoms with E-state index in [-0.39, 0.29) is 11.9 Å². The molecule has 1 amide bonds. The maximum atomic E-state index is 13.5. The molecule has 2 N–H and O–H groups in total. The van der Waals surface area contributed by atoms with E-state index in [1.54, 1.807) is 0 Å². The quantitative estimate of drug-likeness (QED) is 0.627. The lowest BCUT2D eigenvalue weighted by Gasteiger charge is -2.37. The van der Waals surface area contributed by atoms with Gasteiger partial charge in [0.05, 0.1) is 17.3 Å². The third kappa shape index (κ3) is 4.14. The highest BCUT2D eigenvalue weighted by Gasteiger charge is 2.34. The number of aryl methyl sites for hydroxylation is 1. The third-order valence-electron chi connectivity index (χ3n) is 6.66. The maximum absolute atomic E-state index is 13.5. The van der Waals surface area contributed by atoms with Crippen molar-refractivity contribution in [3.8, 4) is 0 Å². The molecule has 1 atom stereocenters. The van der Waals surface area contributed by atoms with Crippen LogP contribution in [0.15, 0.2) is 42.9 Å². The first-order valence-corrected chi connectivity index (χ1v) is 11.6. The molecule has 0 aromatic carbocycles. The van der Waals surface area contributed by atoms with E-state index < -0.39 is 5.54 Å². The molecule has 0 unspecified atom stereocenters. The molecule has 0 radical (unpaired) electrons. The summed E-state index contributed by atoms with van der Waals surface area (Å²) in [7, 11) is 0. The number of pyridine rings is 2. The van der Waals surface area contributed by atoms with Crippen LogP contribution < -0.4 is 10.6 Å². The summed E-state index contributed by atoms with van der Waals surface area (Å²) in [5, 5.41) is 6.67. The van der Waals surface area contributed by atoms with Crippen molar-refractivity contribution in [2.24, 2.45) is 0 Å². The van der Waals surface area contributed by atoms with Gasteiger partial charge in [-0.25, -0.2) is 4.98 Å². The second kappa shape index (κ2) is 8.30. The molecule has 5 rings (SSSR count). The van der Waals surface area contributed by atoms with Crippen molar-refractivity contribution in [1.29, 1.82) is 0 Å². The number of aromatic nitrogens is 3. The number of fused-ring (bicyclic) bond motifs is 1. The zero-order chi connectivity index (χ0) is 22.3. The number of carbonyl (C=O) groups is 1. The number of nitrogens with zero attached hydrogens (tertiary/aromatic N) is 4. The molecule has 1 saturated heterocycles. The fraction of sp³-hybridized carbons (Fsp3) is 0.480. The van der Waals surface area contributed by atoms with Crippen molar-refractivity contribution in [1.82, 2.24) is 29.9 Å². The van der Waals surface area contributed by atoms with Gasteiger partial charge in [0.2, 0.25) is 5.91 Å². The molecular formula is C25H32N6O. The van der Waals surface area contributed by atoms with Crippen molar-refractivity contribution < 1.29 is 4.79 Å². The van der Waals surface area contributed by atoms with Crippen LogP contribution in [0, 0.1) is 6.92 Å². The Hall–Kier alpha value is -2.77. The number of amides is 1. The summed E-state index contributed by atoms with van der Waals surface area (Å²) in [5.41, 5.74) is 4.06. The van der Waals surface area contributed by atoms with Gasteiger partial charge in [-0.1, -0.05) is 6.07 Å². The van der Waals surface area contributed by atoms with Gasteiger partial charge >= 0.3 is 0 Å². The van der Waals surface area contributed by atoms with Crippen LogP contribution in [0.5, 0.6) is 0 Å². The molecule has 2 fully saturated rings. The van der Waals surface area contributed by atoms with Crippen LogP contribution in [0.25, 0.3) is 5.52 Å². The van der Waals surface area contributed by atoms with Gasteiger partial charge in [0.1, 0.15) is 11.9 Å². The topological polar surface area (TPSA) is 74.6 Å². The van der Waals surface area contributed by atoms with Crippen LogP contribution in [0.4, 0.5) is 0 Å². The number of nitrogens with one attached hydrogen (secondary N) is 2. The van der Waals surface area contributed by atoms with E-state index in [0.717, 1.165) is 31.0 Å². The molecule has 1 aliphatic heterocycles. The standard InChI is InChI=1S/C25H32N6O/c1-17-5-4-11-31-21(17)15-28-24(31)25(2,3)29-23(32)22-14-26-10-12-30(22)16-18-8-9-27-20(13-18)19-6-7-19/h4-5,8-9,11,13,15,19,22,26H,6-7,10,12,14,16H2,1-3H3,(H,29,32)/t22-/m0/s1. The number of imidazole rings is 1. The minimum Gasteiger partial charge on any atom is -0.343 e. The van der Waals surface area contributed by atoms with Gasteiger partial charge in [0.15, 0.2) is 0 Å². The van der Waals surface area contributed by atoms with Gasteiger partial charge in [-0.2, -0.15) is 0 Å². The van der Waals surface area contributed by atoms with Gasteiger partial charge < -0.3 is 15.0 Å². The summed E-state index contributed by atoms with van der Waals surface area (Å²) in [5.74, 6) is 1.50. The molecule has 0 bridgehead atoms. The molecule has 3 aromatic heterocycles. The average Bonchev–Trinajstić information content (AvgIpc) is 3.52. The molecule has 2 aliphatic rings. The minimum atomic E-state index is -0.601. The largest absolute Gasteiger partial charge is 0.343 e. The van der Waals surface area contributed by atoms with Gasteiger partial charge in [-0.05, 0) is 62.9 Å². The summed E-state index contributed by atoms with van der Waals surface area (Å²) < 4.78 is 2.07. The highest BCUT2D eigenvalue weighted by molar-refractivity contribution is 5.83. The Morgan fingerprint density at radius 1 is 1.28 bits per heavy atom. The Bertz CT molecular complexity index is 1130. The van der Waals surface area contributed by atoms with Gasteiger partial charge in [-0.15, -0.1) is 0 Å². The monoisotopic (exact) mass is 432 g/mol. The molecule has 3 aromatic rings. The van der Waals surface area contributed by atoms with E-state index in [4.69, 9.17) is 0 Å². The lowest BCUT2D eigenvalue weighted by Crippen LogP contribution is -2.59. The summed E-state index contributed by atoms with van der Waals surface area (Å²) in [6.45, 7) is 9.24. The van der Waals surface area contributed by atoms with E-state index in [0.29, 0.717) is 12.5 Å². The highest BCUT2D eigenvalue weighted by Crippen LogP contribution is 2.39. The van der Waals surface area contributed by atoms with E-state index in [9.17, 15) is 4.79 Å². The molecule has 1 aliphatic carbocycles. The van der Waals surface area contributed by atoms with Gasteiger partial charge in [0.25, 0.3) is 0 Å². The number of hydrogen-bond donors (Lipinski definition) is 2. The number of hydrogen-bond acceptors (Lipinski definition) is 5. The van der Waals surface area contributed by atoms with Crippen LogP contribution >= 0.6 is 0 Å². The molecular weight excluding hydrogens is 400 g/mol. The minimum absolute atomic E-state index is 0.0306. The van der Waals surface area contributed by atoms with Crippen molar-refractivity contribution >= 4 is 11.4 Å². The first kappa shape index (κ1) is 21.1. The lowest BCUT2D eigenvalue weighted by molar-refractivity contribution is -0.129. The smallest absolute Gasteiger partial charge is 0.239 e. The molecule has 4 heterocycles. The molecule has 0 spiro atoms. The second-order valence-electron chi connectivity index (χ2n) is 9.70. The van der Waals surface area contributed by atoms with Crippen LogP contribution in [0.3, 0.4) is 0 Å². The molecule has 1 saturated carbocycles. The number of carbonyl (C=O) groups excluding carboxylic acids is 1. The normalized spacial score (nSPS) is 19.9. The Labute approximate surface area is 189 Å². The summed E-state index contributed by atoms with van der Waals surface area (Å²) >= 11 is 0.